The third-order valence-corrected chi connectivity index (χ3v) is 3.32. The van der Waals surface area contributed by atoms with Gasteiger partial charge in [-0.05, 0) is 24.6 Å². The van der Waals surface area contributed by atoms with E-state index in [4.69, 9.17) is 0 Å². The van der Waals surface area contributed by atoms with E-state index in [1.54, 1.807) is 4.68 Å². The number of rotatable bonds is 3. The zero-order chi connectivity index (χ0) is 14.8. The molecule has 0 bridgehead atoms. The van der Waals surface area contributed by atoms with Gasteiger partial charge in [0.2, 0.25) is 5.91 Å². The first kappa shape index (κ1) is 13.3. The molecule has 0 spiro atoms. The lowest BCUT2D eigenvalue weighted by molar-refractivity contribution is -0.119. The summed E-state index contributed by atoms with van der Waals surface area (Å²) in [5.74, 6) is -0.110. The van der Waals surface area contributed by atoms with Gasteiger partial charge in [0.05, 0.1) is 5.52 Å². The van der Waals surface area contributed by atoms with Gasteiger partial charge in [0.15, 0.2) is 6.17 Å². The highest BCUT2D eigenvalue weighted by molar-refractivity contribution is 5.76. The van der Waals surface area contributed by atoms with E-state index in [9.17, 15) is 4.79 Å². The Hall–Kier alpha value is -2.69. The van der Waals surface area contributed by atoms with Crippen molar-refractivity contribution in [3.63, 3.8) is 0 Å². The normalized spacial score (nSPS) is 12.3. The Morgan fingerprint density at radius 3 is 2.76 bits per heavy atom. The minimum Gasteiger partial charge on any atom is -0.331 e. The quantitative estimate of drug-likeness (QED) is 0.801. The van der Waals surface area contributed by atoms with Crippen LogP contribution in [0.25, 0.3) is 11.0 Å². The van der Waals surface area contributed by atoms with Crippen LogP contribution in [0, 0.1) is 6.92 Å². The van der Waals surface area contributed by atoms with E-state index >= 15 is 0 Å². The fraction of sp³-hybridized carbons (Fsp3) is 0.188. The number of nitrogens with one attached hydrogen (secondary N) is 1. The van der Waals surface area contributed by atoms with E-state index in [1.807, 2.05) is 55.5 Å². The number of amides is 1. The molecule has 1 amide bonds. The Labute approximate surface area is 122 Å². The van der Waals surface area contributed by atoms with Crippen molar-refractivity contribution in [1.82, 2.24) is 20.3 Å². The summed E-state index contributed by atoms with van der Waals surface area (Å²) >= 11 is 0. The molecule has 106 valence electrons. The molecule has 0 aliphatic carbocycles. The number of carbonyl (C=O) groups is 1. The van der Waals surface area contributed by atoms with E-state index in [1.165, 1.54) is 6.92 Å². The lowest BCUT2D eigenvalue weighted by Crippen LogP contribution is -2.32. The molecule has 1 heterocycles. The second-order valence-corrected chi connectivity index (χ2v) is 5.04. The van der Waals surface area contributed by atoms with Gasteiger partial charge in [-0.25, -0.2) is 4.68 Å². The van der Waals surface area contributed by atoms with Crippen molar-refractivity contribution in [3.8, 4) is 0 Å². The standard InChI is InChI=1S/C16H16N4O/c1-11-6-5-7-13(10-11)16(17-12(2)21)20-15-9-4-3-8-14(15)18-19-20/h3-10,16H,1-2H3,(H,17,21)/t16-/m1/s1. The molecular weight excluding hydrogens is 264 g/mol. The molecule has 0 saturated heterocycles. The average molecular weight is 280 g/mol. The van der Waals surface area contributed by atoms with Crippen molar-refractivity contribution in [2.24, 2.45) is 0 Å². The first-order chi connectivity index (χ1) is 10.1. The highest BCUT2D eigenvalue weighted by atomic mass is 16.1. The Bertz CT molecular complexity index is 794. The van der Waals surface area contributed by atoms with Crippen LogP contribution in [-0.4, -0.2) is 20.9 Å². The van der Waals surface area contributed by atoms with E-state index in [-0.39, 0.29) is 12.1 Å². The molecule has 5 nitrogen and oxygen atoms in total. The Morgan fingerprint density at radius 1 is 1.19 bits per heavy atom. The van der Waals surface area contributed by atoms with E-state index in [2.05, 4.69) is 15.6 Å². The monoisotopic (exact) mass is 280 g/mol. The minimum absolute atomic E-state index is 0.110. The molecule has 0 saturated carbocycles. The van der Waals surface area contributed by atoms with Crippen molar-refractivity contribution in [2.45, 2.75) is 20.0 Å². The van der Waals surface area contributed by atoms with Crippen LogP contribution in [0.4, 0.5) is 0 Å². The zero-order valence-corrected chi connectivity index (χ0v) is 11.9. The van der Waals surface area contributed by atoms with E-state index in [0.717, 1.165) is 22.2 Å². The SMILES string of the molecule is CC(=O)N[C@@H](c1cccc(C)c1)n1nnc2ccccc21. The number of hydrogen-bond donors (Lipinski definition) is 1. The van der Waals surface area contributed by atoms with Gasteiger partial charge in [0, 0.05) is 6.92 Å². The summed E-state index contributed by atoms with van der Waals surface area (Å²) in [4.78, 5) is 11.6. The smallest absolute Gasteiger partial charge is 0.218 e. The number of fused-ring (bicyclic) bond motifs is 1. The molecule has 0 unspecified atom stereocenters. The molecule has 0 fully saturated rings. The van der Waals surface area contributed by atoms with Crippen LogP contribution in [0.5, 0.6) is 0 Å². The first-order valence-electron chi connectivity index (χ1n) is 6.79. The molecule has 2 aromatic carbocycles. The second-order valence-electron chi connectivity index (χ2n) is 5.04. The molecule has 21 heavy (non-hydrogen) atoms. The van der Waals surface area contributed by atoms with Crippen LogP contribution in [0.1, 0.15) is 24.2 Å². The molecule has 3 rings (SSSR count). The molecular formula is C16H16N4O. The van der Waals surface area contributed by atoms with E-state index in [0.29, 0.717) is 0 Å². The fourth-order valence-corrected chi connectivity index (χ4v) is 2.40. The zero-order valence-electron chi connectivity index (χ0n) is 11.9. The maximum absolute atomic E-state index is 11.6. The van der Waals surface area contributed by atoms with Crippen LogP contribution < -0.4 is 5.32 Å². The molecule has 3 aromatic rings. The average Bonchev–Trinajstić information content (AvgIpc) is 2.88. The second kappa shape index (κ2) is 5.36. The maximum Gasteiger partial charge on any atom is 0.218 e. The highest BCUT2D eigenvalue weighted by Crippen LogP contribution is 2.21. The number of hydrogen-bond acceptors (Lipinski definition) is 3. The van der Waals surface area contributed by atoms with Gasteiger partial charge in [-0.2, -0.15) is 0 Å². The van der Waals surface area contributed by atoms with Crippen LogP contribution >= 0.6 is 0 Å². The number of aromatic nitrogens is 3. The van der Waals surface area contributed by atoms with Crippen LogP contribution in [0.2, 0.25) is 0 Å². The van der Waals surface area contributed by atoms with Gasteiger partial charge in [-0.3, -0.25) is 4.79 Å². The maximum atomic E-state index is 11.6. The summed E-state index contributed by atoms with van der Waals surface area (Å²) in [5.41, 5.74) is 3.80. The molecule has 1 atom stereocenters. The first-order valence-corrected chi connectivity index (χ1v) is 6.79. The minimum atomic E-state index is -0.366. The molecule has 0 aliphatic heterocycles. The lowest BCUT2D eigenvalue weighted by atomic mass is 10.1. The number of para-hydroxylation sites is 1. The van der Waals surface area contributed by atoms with Crippen LogP contribution in [-0.2, 0) is 4.79 Å². The van der Waals surface area contributed by atoms with Gasteiger partial charge in [0.1, 0.15) is 5.52 Å². The predicted molar refractivity (Wildman–Crippen MR) is 80.7 cm³/mol. The van der Waals surface area contributed by atoms with Crippen molar-refractivity contribution in [2.75, 3.05) is 0 Å². The summed E-state index contributed by atoms with van der Waals surface area (Å²) < 4.78 is 1.74. The number of carbonyl (C=O) groups excluding carboxylic acids is 1. The lowest BCUT2D eigenvalue weighted by Gasteiger charge is -2.19. The van der Waals surface area contributed by atoms with Crippen molar-refractivity contribution >= 4 is 16.9 Å². The summed E-state index contributed by atoms with van der Waals surface area (Å²) in [5, 5.41) is 11.3. The van der Waals surface area contributed by atoms with Crippen LogP contribution in [0.15, 0.2) is 48.5 Å². The molecule has 1 N–H and O–H groups in total. The molecule has 0 aliphatic rings. The van der Waals surface area contributed by atoms with Gasteiger partial charge < -0.3 is 5.32 Å². The van der Waals surface area contributed by atoms with Gasteiger partial charge in [0.25, 0.3) is 0 Å². The topological polar surface area (TPSA) is 59.8 Å². The number of aryl methyl sites for hydroxylation is 1. The summed E-state index contributed by atoms with van der Waals surface area (Å²) in [6, 6.07) is 15.7. The third kappa shape index (κ3) is 2.63. The summed E-state index contributed by atoms with van der Waals surface area (Å²) in [7, 11) is 0. The fourth-order valence-electron chi connectivity index (χ4n) is 2.40. The van der Waals surface area contributed by atoms with Gasteiger partial charge >= 0.3 is 0 Å². The van der Waals surface area contributed by atoms with Crippen molar-refractivity contribution in [1.29, 1.82) is 0 Å². The number of nitrogens with zero attached hydrogens (tertiary/aromatic N) is 3. The van der Waals surface area contributed by atoms with Crippen LogP contribution in [0.3, 0.4) is 0 Å². The largest absolute Gasteiger partial charge is 0.331 e. The van der Waals surface area contributed by atoms with Crippen molar-refractivity contribution < 1.29 is 4.79 Å². The van der Waals surface area contributed by atoms with E-state index < -0.39 is 0 Å². The summed E-state index contributed by atoms with van der Waals surface area (Å²) in [6.07, 6.45) is -0.366. The Kier molecular flexibility index (Phi) is 3.39. The summed E-state index contributed by atoms with van der Waals surface area (Å²) in [6.45, 7) is 3.52. The number of benzene rings is 2. The third-order valence-electron chi connectivity index (χ3n) is 3.32. The Balaban J connectivity index is 2.13. The Morgan fingerprint density at radius 2 is 2.00 bits per heavy atom. The molecule has 1 aromatic heterocycles. The highest BCUT2D eigenvalue weighted by Gasteiger charge is 2.18. The molecule has 5 heteroatoms. The predicted octanol–water partition coefficient (Wildman–Crippen LogP) is 2.42. The van der Waals surface area contributed by atoms with Crippen molar-refractivity contribution in [3.05, 3.63) is 59.7 Å². The van der Waals surface area contributed by atoms with Gasteiger partial charge in [-0.1, -0.05) is 47.2 Å². The van der Waals surface area contributed by atoms with Gasteiger partial charge in [-0.15, -0.1) is 5.10 Å². The molecule has 0 radical (unpaired) electrons.